The average Bonchev–Trinajstić information content (AvgIpc) is 2.84. The summed E-state index contributed by atoms with van der Waals surface area (Å²) in [5.41, 5.74) is 5.44. The summed E-state index contributed by atoms with van der Waals surface area (Å²) in [6, 6.07) is 24.7. The number of amides is 1. The molecule has 1 N–H and O–H groups in total. The zero-order valence-electron chi connectivity index (χ0n) is 18.6. The minimum atomic E-state index is 0.0785. The second-order valence-electron chi connectivity index (χ2n) is 8.44. The molecule has 32 heavy (non-hydrogen) atoms. The van der Waals surface area contributed by atoms with E-state index < -0.39 is 0 Å². The third kappa shape index (κ3) is 5.99. The SMILES string of the molecule is Cc1ccc(C(=O)N2CCN(Cc3ccccc3)CCCNc3ccc(Br)cc3C2)cc1. The van der Waals surface area contributed by atoms with Gasteiger partial charge in [0.2, 0.25) is 0 Å². The van der Waals surface area contributed by atoms with Crippen LogP contribution in [0.4, 0.5) is 5.69 Å². The van der Waals surface area contributed by atoms with Gasteiger partial charge in [0.25, 0.3) is 5.91 Å². The maximum absolute atomic E-state index is 13.5. The van der Waals surface area contributed by atoms with Crippen LogP contribution in [0.3, 0.4) is 0 Å². The van der Waals surface area contributed by atoms with E-state index in [4.69, 9.17) is 0 Å². The van der Waals surface area contributed by atoms with Crippen molar-refractivity contribution in [3.05, 3.63) is 99.5 Å². The summed E-state index contributed by atoms with van der Waals surface area (Å²) in [5, 5.41) is 3.59. The lowest BCUT2D eigenvalue weighted by molar-refractivity contribution is 0.0720. The van der Waals surface area contributed by atoms with Crippen LogP contribution in [-0.2, 0) is 13.1 Å². The summed E-state index contributed by atoms with van der Waals surface area (Å²) in [7, 11) is 0. The number of rotatable bonds is 3. The van der Waals surface area contributed by atoms with Gasteiger partial charge >= 0.3 is 0 Å². The minimum absolute atomic E-state index is 0.0785. The maximum Gasteiger partial charge on any atom is 0.254 e. The van der Waals surface area contributed by atoms with E-state index in [1.165, 1.54) is 5.56 Å². The molecule has 0 unspecified atom stereocenters. The highest BCUT2D eigenvalue weighted by Gasteiger charge is 2.20. The number of nitrogens with one attached hydrogen (secondary N) is 1. The lowest BCUT2D eigenvalue weighted by Gasteiger charge is -2.28. The molecular formula is C27H30BrN3O. The van der Waals surface area contributed by atoms with Crippen LogP contribution in [0.15, 0.2) is 77.3 Å². The molecule has 3 aromatic carbocycles. The normalized spacial score (nSPS) is 15.4. The Morgan fingerprint density at radius 1 is 0.969 bits per heavy atom. The van der Waals surface area contributed by atoms with Crippen molar-refractivity contribution >= 4 is 27.5 Å². The monoisotopic (exact) mass is 491 g/mol. The molecule has 0 saturated heterocycles. The highest BCUT2D eigenvalue weighted by Crippen LogP contribution is 2.24. The molecule has 0 aromatic heterocycles. The first-order valence-corrected chi connectivity index (χ1v) is 12.0. The van der Waals surface area contributed by atoms with Crippen molar-refractivity contribution in [3.63, 3.8) is 0 Å². The molecule has 1 aliphatic heterocycles. The molecule has 0 aliphatic carbocycles. The van der Waals surface area contributed by atoms with E-state index in [1.54, 1.807) is 0 Å². The first-order valence-electron chi connectivity index (χ1n) is 11.2. The van der Waals surface area contributed by atoms with Gasteiger partial charge in [-0.3, -0.25) is 9.69 Å². The van der Waals surface area contributed by atoms with Crippen molar-refractivity contribution in [1.82, 2.24) is 9.80 Å². The van der Waals surface area contributed by atoms with Gasteiger partial charge < -0.3 is 10.2 Å². The second kappa shape index (κ2) is 10.8. The Hall–Kier alpha value is -2.63. The number of hydrogen-bond acceptors (Lipinski definition) is 3. The number of anilines is 1. The Balaban J connectivity index is 1.59. The van der Waals surface area contributed by atoms with E-state index in [0.717, 1.165) is 59.5 Å². The van der Waals surface area contributed by atoms with Crippen molar-refractivity contribution in [2.75, 3.05) is 31.5 Å². The van der Waals surface area contributed by atoms with Crippen molar-refractivity contribution < 1.29 is 4.79 Å². The van der Waals surface area contributed by atoms with Crippen LogP contribution in [0.5, 0.6) is 0 Å². The van der Waals surface area contributed by atoms with Gasteiger partial charge in [-0.1, -0.05) is 64.0 Å². The predicted octanol–water partition coefficient (Wildman–Crippen LogP) is 5.72. The topological polar surface area (TPSA) is 35.6 Å². The van der Waals surface area contributed by atoms with E-state index in [1.807, 2.05) is 36.1 Å². The number of halogens is 1. The van der Waals surface area contributed by atoms with E-state index in [2.05, 4.69) is 74.7 Å². The summed E-state index contributed by atoms with van der Waals surface area (Å²) in [6.07, 6.45) is 1.05. The summed E-state index contributed by atoms with van der Waals surface area (Å²) >= 11 is 3.60. The van der Waals surface area contributed by atoms with Crippen LogP contribution in [0.1, 0.15) is 33.5 Å². The third-order valence-electron chi connectivity index (χ3n) is 5.92. The predicted molar refractivity (Wildman–Crippen MR) is 135 cm³/mol. The smallest absolute Gasteiger partial charge is 0.254 e. The molecule has 1 amide bonds. The van der Waals surface area contributed by atoms with Crippen LogP contribution < -0.4 is 5.32 Å². The van der Waals surface area contributed by atoms with E-state index in [-0.39, 0.29) is 5.91 Å². The van der Waals surface area contributed by atoms with Gasteiger partial charge in [0, 0.05) is 55.0 Å². The fourth-order valence-electron chi connectivity index (χ4n) is 4.10. The first kappa shape index (κ1) is 22.6. The number of aryl methyl sites for hydroxylation is 1. The van der Waals surface area contributed by atoms with Crippen LogP contribution >= 0.6 is 15.9 Å². The standard InChI is InChI=1S/C27H30BrN3O/c1-21-8-10-23(11-9-21)27(32)31-17-16-30(19-22-6-3-2-4-7-22)15-5-14-29-26-13-12-25(28)18-24(26)20-31/h2-4,6-13,18,29H,5,14-17,19-20H2,1H3. The molecule has 166 valence electrons. The Bertz CT molecular complexity index is 1040. The number of hydrogen-bond donors (Lipinski definition) is 1. The molecule has 5 heteroatoms. The Morgan fingerprint density at radius 2 is 1.75 bits per heavy atom. The number of fused-ring (bicyclic) bond motifs is 1. The fourth-order valence-corrected chi connectivity index (χ4v) is 4.51. The lowest BCUT2D eigenvalue weighted by Crippen LogP contribution is -2.38. The average molecular weight is 492 g/mol. The van der Waals surface area contributed by atoms with Crippen molar-refractivity contribution in [1.29, 1.82) is 0 Å². The maximum atomic E-state index is 13.5. The molecule has 0 spiro atoms. The van der Waals surface area contributed by atoms with Crippen molar-refractivity contribution in [3.8, 4) is 0 Å². The van der Waals surface area contributed by atoms with Gasteiger partial charge in [-0.25, -0.2) is 0 Å². The minimum Gasteiger partial charge on any atom is -0.385 e. The first-order chi connectivity index (χ1) is 15.6. The Labute approximate surface area is 199 Å². The largest absolute Gasteiger partial charge is 0.385 e. The van der Waals surface area contributed by atoms with Gasteiger partial charge in [-0.15, -0.1) is 0 Å². The molecule has 1 heterocycles. The number of benzene rings is 3. The summed E-state index contributed by atoms with van der Waals surface area (Å²) in [4.78, 5) is 17.9. The van der Waals surface area contributed by atoms with E-state index in [9.17, 15) is 4.79 Å². The fraction of sp³-hybridized carbons (Fsp3) is 0.296. The number of carbonyl (C=O) groups is 1. The number of nitrogens with zero attached hydrogens (tertiary/aromatic N) is 2. The molecular weight excluding hydrogens is 462 g/mol. The summed E-state index contributed by atoms with van der Waals surface area (Å²) < 4.78 is 1.03. The molecule has 4 nitrogen and oxygen atoms in total. The number of carbonyl (C=O) groups excluding carboxylic acids is 1. The molecule has 4 rings (SSSR count). The Kier molecular flexibility index (Phi) is 7.61. The highest BCUT2D eigenvalue weighted by molar-refractivity contribution is 9.10. The molecule has 0 bridgehead atoms. The van der Waals surface area contributed by atoms with Crippen LogP contribution in [0.2, 0.25) is 0 Å². The third-order valence-corrected chi connectivity index (χ3v) is 6.41. The molecule has 0 radical (unpaired) electrons. The molecule has 0 fully saturated rings. The zero-order valence-corrected chi connectivity index (χ0v) is 20.1. The zero-order chi connectivity index (χ0) is 22.3. The van der Waals surface area contributed by atoms with Gasteiger partial charge in [0.1, 0.15) is 0 Å². The van der Waals surface area contributed by atoms with Crippen LogP contribution in [0, 0.1) is 6.92 Å². The van der Waals surface area contributed by atoms with Gasteiger partial charge in [-0.05, 0) is 54.8 Å². The van der Waals surface area contributed by atoms with E-state index in [0.29, 0.717) is 13.1 Å². The molecule has 0 atom stereocenters. The molecule has 1 aliphatic rings. The van der Waals surface area contributed by atoms with Gasteiger partial charge in [-0.2, -0.15) is 0 Å². The van der Waals surface area contributed by atoms with Gasteiger partial charge in [0.15, 0.2) is 0 Å². The second-order valence-corrected chi connectivity index (χ2v) is 9.35. The van der Waals surface area contributed by atoms with Crippen LogP contribution in [0.25, 0.3) is 0 Å². The van der Waals surface area contributed by atoms with E-state index >= 15 is 0 Å². The lowest BCUT2D eigenvalue weighted by atomic mass is 10.1. The quantitative estimate of drug-likeness (QED) is 0.508. The Morgan fingerprint density at radius 3 is 2.53 bits per heavy atom. The van der Waals surface area contributed by atoms with Crippen molar-refractivity contribution in [2.24, 2.45) is 0 Å². The summed E-state index contributed by atoms with van der Waals surface area (Å²) in [5.74, 6) is 0.0785. The summed E-state index contributed by atoms with van der Waals surface area (Å²) in [6.45, 7) is 6.94. The van der Waals surface area contributed by atoms with Crippen LogP contribution in [-0.4, -0.2) is 41.9 Å². The highest BCUT2D eigenvalue weighted by atomic mass is 79.9. The molecule has 3 aromatic rings. The van der Waals surface area contributed by atoms with Gasteiger partial charge in [0.05, 0.1) is 0 Å². The van der Waals surface area contributed by atoms with Crippen molar-refractivity contribution in [2.45, 2.75) is 26.4 Å². The molecule has 0 saturated carbocycles.